The third-order valence-electron chi connectivity index (χ3n) is 5.20. The van der Waals surface area contributed by atoms with E-state index in [1.165, 1.54) is 6.07 Å². The molecule has 0 amide bonds. The van der Waals surface area contributed by atoms with E-state index in [4.69, 9.17) is 74.0 Å². The van der Waals surface area contributed by atoms with Gasteiger partial charge in [0.2, 0.25) is 5.43 Å². The summed E-state index contributed by atoms with van der Waals surface area (Å²) in [6.07, 6.45) is -0.115. The van der Waals surface area contributed by atoms with Crippen LogP contribution in [-0.2, 0) is 6.42 Å². The molecular formula is C21H8Cl6O7. The standard InChI is InChI=1S/C21H8Cl6O7/c22-7-3-6(20(30)31)13(25)12(21(32)33)11(7)10-4-1-8(23)16(28)14(26)18(4)34-19-5(10)2-9(24)17(29)15(19)27/h1,3,9,29H,2H2,(H,30,31)(H,32,33). The first-order chi connectivity index (χ1) is 15.9. The average Bonchev–Trinajstić information content (AvgIpc) is 2.76. The van der Waals surface area contributed by atoms with E-state index in [9.17, 15) is 29.7 Å². The fourth-order valence-corrected chi connectivity index (χ4v) is 5.43. The Kier molecular flexibility index (Phi) is 6.48. The van der Waals surface area contributed by atoms with Crippen molar-refractivity contribution in [2.75, 3.05) is 0 Å². The smallest absolute Gasteiger partial charge is 0.337 e. The summed E-state index contributed by atoms with van der Waals surface area (Å²) in [5.41, 5.74) is -1.86. The molecule has 1 aromatic carbocycles. The number of hydrogen-bond donors (Lipinski definition) is 3. The summed E-state index contributed by atoms with van der Waals surface area (Å²) in [5, 5.41) is 26.7. The summed E-state index contributed by atoms with van der Waals surface area (Å²) in [4.78, 5) is 36.2. The van der Waals surface area contributed by atoms with Crippen molar-refractivity contribution in [3.8, 4) is 22.5 Å². The minimum absolute atomic E-state index is 0.0394. The van der Waals surface area contributed by atoms with Crippen LogP contribution in [0.5, 0.6) is 0 Å². The molecule has 4 rings (SSSR count). The number of benzene rings is 2. The van der Waals surface area contributed by atoms with Crippen molar-refractivity contribution in [2.45, 2.75) is 11.8 Å². The quantitative estimate of drug-likeness (QED) is 0.282. The minimum Gasteiger partial charge on any atom is -0.509 e. The van der Waals surface area contributed by atoms with E-state index in [0.717, 1.165) is 6.07 Å². The van der Waals surface area contributed by atoms with Gasteiger partial charge in [0.15, 0.2) is 11.5 Å². The van der Waals surface area contributed by atoms with Crippen LogP contribution in [0.4, 0.5) is 0 Å². The molecule has 176 valence electrons. The van der Waals surface area contributed by atoms with E-state index in [0.29, 0.717) is 0 Å². The molecule has 0 aromatic heterocycles. The molecule has 2 aliphatic carbocycles. The molecule has 0 radical (unpaired) electrons. The Morgan fingerprint density at radius 1 is 0.912 bits per heavy atom. The number of carboxylic acid groups (broad SMARTS) is 2. The molecule has 13 heteroatoms. The van der Waals surface area contributed by atoms with Crippen molar-refractivity contribution in [2.24, 2.45) is 0 Å². The first kappa shape index (κ1) is 25.0. The lowest BCUT2D eigenvalue weighted by atomic mass is 9.85. The first-order valence-corrected chi connectivity index (χ1v) is 11.4. The number of aliphatic hydroxyl groups is 1. The van der Waals surface area contributed by atoms with Crippen LogP contribution >= 0.6 is 69.6 Å². The van der Waals surface area contributed by atoms with Gasteiger partial charge in [0, 0.05) is 28.7 Å². The Bertz CT molecular complexity index is 1490. The number of aliphatic hydroxyl groups excluding tert-OH is 1. The number of rotatable bonds is 3. The summed E-state index contributed by atoms with van der Waals surface area (Å²) in [7, 11) is 0. The summed E-state index contributed by atoms with van der Waals surface area (Å²) in [5.74, 6) is -3.88. The molecule has 0 saturated carbocycles. The van der Waals surface area contributed by atoms with E-state index in [2.05, 4.69) is 0 Å². The van der Waals surface area contributed by atoms with Gasteiger partial charge in [-0.15, -0.1) is 11.6 Å². The maximum absolute atomic E-state index is 12.4. The second-order valence-corrected chi connectivity index (χ2v) is 9.59. The zero-order valence-electron chi connectivity index (χ0n) is 16.2. The van der Waals surface area contributed by atoms with Crippen LogP contribution in [0, 0.1) is 0 Å². The first-order valence-electron chi connectivity index (χ1n) is 9.06. The van der Waals surface area contributed by atoms with Crippen molar-refractivity contribution in [1.82, 2.24) is 0 Å². The molecule has 1 aliphatic heterocycles. The van der Waals surface area contributed by atoms with E-state index in [-0.39, 0.29) is 55.3 Å². The highest BCUT2D eigenvalue weighted by molar-refractivity contribution is 6.50. The van der Waals surface area contributed by atoms with Crippen molar-refractivity contribution in [3.63, 3.8) is 0 Å². The Morgan fingerprint density at radius 2 is 1.56 bits per heavy atom. The Hall–Kier alpha value is -2.13. The second kappa shape index (κ2) is 8.82. The van der Waals surface area contributed by atoms with Crippen molar-refractivity contribution < 1.29 is 29.3 Å². The van der Waals surface area contributed by atoms with E-state index in [1.807, 2.05) is 0 Å². The molecule has 7 nitrogen and oxygen atoms in total. The molecule has 1 aromatic rings. The Balaban J connectivity index is 2.31. The van der Waals surface area contributed by atoms with Gasteiger partial charge in [-0.05, 0) is 12.1 Å². The van der Waals surface area contributed by atoms with Gasteiger partial charge in [-0.3, -0.25) is 4.79 Å². The van der Waals surface area contributed by atoms with Crippen LogP contribution in [0.25, 0.3) is 27.5 Å². The SMILES string of the molecule is O=C(O)c1cc(Cl)c(-c2c3cc(Cl)c(=O)c(Cl)c-3oc3c2CC(Cl)C(O)=C3Cl)c(C(=O)O)c1Cl. The topological polar surface area (TPSA) is 125 Å². The van der Waals surface area contributed by atoms with Gasteiger partial charge in [0.1, 0.15) is 15.8 Å². The van der Waals surface area contributed by atoms with Gasteiger partial charge < -0.3 is 19.7 Å². The zero-order chi connectivity index (χ0) is 25.2. The van der Waals surface area contributed by atoms with Crippen LogP contribution in [0.2, 0.25) is 20.1 Å². The van der Waals surface area contributed by atoms with Gasteiger partial charge in [-0.2, -0.15) is 0 Å². The summed E-state index contributed by atoms with van der Waals surface area (Å²) >= 11 is 37.4. The van der Waals surface area contributed by atoms with E-state index in [1.54, 1.807) is 0 Å². The number of carbonyl (C=O) groups is 2. The normalized spacial score (nSPS) is 15.5. The number of aromatic carboxylic acids is 2. The van der Waals surface area contributed by atoms with Crippen LogP contribution in [0.15, 0.2) is 27.1 Å². The van der Waals surface area contributed by atoms with Crippen molar-refractivity contribution in [1.29, 1.82) is 0 Å². The molecule has 1 unspecified atom stereocenters. The van der Waals surface area contributed by atoms with Gasteiger partial charge in [-0.1, -0.05) is 58.0 Å². The van der Waals surface area contributed by atoms with Gasteiger partial charge in [-0.25, -0.2) is 9.59 Å². The largest absolute Gasteiger partial charge is 0.509 e. The fourth-order valence-electron chi connectivity index (χ4n) is 3.72. The number of hydrogen-bond acceptors (Lipinski definition) is 5. The lowest BCUT2D eigenvalue weighted by molar-refractivity contribution is 0.0696. The molecule has 3 N–H and O–H groups in total. The third kappa shape index (κ3) is 3.71. The molecule has 1 atom stereocenters. The molecule has 0 bridgehead atoms. The Morgan fingerprint density at radius 3 is 2.15 bits per heavy atom. The van der Waals surface area contributed by atoms with Crippen LogP contribution in [0.3, 0.4) is 0 Å². The highest BCUT2D eigenvalue weighted by Gasteiger charge is 2.37. The van der Waals surface area contributed by atoms with Crippen molar-refractivity contribution >= 4 is 86.6 Å². The highest BCUT2D eigenvalue weighted by Crippen LogP contribution is 2.51. The zero-order valence-corrected chi connectivity index (χ0v) is 20.7. The fraction of sp³-hybridized carbons (Fsp3) is 0.0952. The average molecular weight is 585 g/mol. The predicted molar refractivity (Wildman–Crippen MR) is 130 cm³/mol. The van der Waals surface area contributed by atoms with Gasteiger partial charge >= 0.3 is 11.9 Å². The van der Waals surface area contributed by atoms with Crippen LogP contribution in [0.1, 0.15) is 32.0 Å². The maximum Gasteiger partial charge on any atom is 0.337 e. The molecule has 1 heterocycles. The molecule has 0 spiro atoms. The number of carboxylic acids is 2. The summed E-state index contributed by atoms with van der Waals surface area (Å²) in [6.45, 7) is 0. The summed E-state index contributed by atoms with van der Waals surface area (Å²) < 4.78 is 5.76. The van der Waals surface area contributed by atoms with E-state index >= 15 is 0 Å². The number of halogens is 6. The van der Waals surface area contributed by atoms with Crippen LogP contribution < -0.4 is 5.43 Å². The highest BCUT2D eigenvalue weighted by atomic mass is 35.5. The monoisotopic (exact) mass is 582 g/mol. The third-order valence-corrected chi connectivity index (χ3v) is 7.24. The molecule has 34 heavy (non-hydrogen) atoms. The summed E-state index contributed by atoms with van der Waals surface area (Å²) in [6, 6.07) is 2.18. The lowest BCUT2D eigenvalue weighted by Crippen LogP contribution is -2.18. The maximum atomic E-state index is 12.4. The predicted octanol–water partition coefficient (Wildman–Crippen LogP) is 7.05. The lowest BCUT2D eigenvalue weighted by Gasteiger charge is -2.27. The molecular weight excluding hydrogens is 577 g/mol. The van der Waals surface area contributed by atoms with Gasteiger partial charge in [0.05, 0.1) is 31.6 Å². The Labute approximate surface area is 220 Å². The number of fused-ring (bicyclic) bond motifs is 2. The second-order valence-electron chi connectivity index (χ2n) is 7.11. The minimum atomic E-state index is -1.59. The van der Waals surface area contributed by atoms with Crippen molar-refractivity contribution in [3.05, 3.63) is 70.7 Å². The van der Waals surface area contributed by atoms with E-state index < -0.39 is 49.7 Å². The number of allylic oxidation sites excluding steroid dienone is 1. The van der Waals surface area contributed by atoms with Gasteiger partial charge in [0.25, 0.3) is 0 Å². The van der Waals surface area contributed by atoms with Crippen LogP contribution in [-0.4, -0.2) is 32.6 Å². The molecule has 3 aliphatic rings. The molecule has 0 saturated heterocycles. The number of alkyl halides is 1. The molecule has 0 fully saturated rings.